The normalized spacial score (nSPS) is 19.1. The number of anilines is 1. The number of hydrogen-bond acceptors (Lipinski definition) is 8. The number of benzene rings is 3. The summed E-state index contributed by atoms with van der Waals surface area (Å²) in [7, 11) is 0. The maximum absolute atomic E-state index is 13.3. The monoisotopic (exact) mass is 577 g/mol. The number of carbonyl (C=O) groups excluding carboxylic acids is 3. The van der Waals surface area contributed by atoms with Gasteiger partial charge in [-0.25, -0.2) is 9.69 Å². The third-order valence-corrected chi connectivity index (χ3v) is 9.23. The van der Waals surface area contributed by atoms with Gasteiger partial charge < -0.3 is 19.7 Å². The van der Waals surface area contributed by atoms with Crippen LogP contribution in [-0.2, 0) is 19.9 Å². The van der Waals surface area contributed by atoms with Gasteiger partial charge in [0.05, 0.1) is 16.2 Å². The third kappa shape index (κ3) is 3.12. The van der Waals surface area contributed by atoms with Crippen molar-refractivity contribution < 1.29 is 34.1 Å². The number of ether oxygens (including phenoxy) is 2. The first kappa shape index (κ1) is 22.4. The molecule has 0 bridgehead atoms. The molecular formula is C27H16BrNO7S. The molecule has 1 aliphatic carbocycles. The average Bonchev–Trinajstić information content (AvgIpc) is 3.61. The number of phenolic OH excluding ortho intramolecular Hbond substituents is 2. The van der Waals surface area contributed by atoms with Crippen LogP contribution in [0.5, 0.6) is 23.0 Å². The molecule has 8 nitrogen and oxygen atoms in total. The van der Waals surface area contributed by atoms with Crippen molar-refractivity contribution in [2.24, 2.45) is 0 Å². The van der Waals surface area contributed by atoms with Gasteiger partial charge in [0.25, 0.3) is 11.8 Å². The molecule has 0 saturated heterocycles. The Balaban J connectivity index is 1.38. The highest BCUT2D eigenvalue weighted by molar-refractivity contribution is 9.12. The fourth-order valence-corrected chi connectivity index (χ4v) is 6.72. The first-order chi connectivity index (χ1) is 17.8. The van der Waals surface area contributed by atoms with Gasteiger partial charge in [-0.3, -0.25) is 9.59 Å². The van der Waals surface area contributed by atoms with Crippen LogP contribution in [0, 0.1) is 0 Å². The smallest absolute Gasteiger partial charge is 0.340 e. The summed E-state index contributed by atoms with van der Waals surface area (Å²) < 4.78 is 12.2. The molecule has 3 heterocycles. The molecule has 0 radical (unpaired) electrons. The Bertz CT molecular complexity index is 1580. The van der Waals surface area contributed by atoms with E-state index in [2.05, 4.69) is 15.9 Å². The highest BCUT2D eigenvalue weighted by atomic mass is 79.9. The van der Waals surface area contributed by atoms with Gasteiger partial charge in [-0.05, 0) is 65.2 Å². The molecule has 3 aromatic carbocycles. The lowest BCUT2D eigenvalue weighted by molar-refractivity contribution is -0.120. The Labute approximate surface area is 222 Å². The predicted molar refractivity (Wildman–Crippen MR) is 137 cm³/mol. The minimum absolute atomic E-state index is 0.0404. The van der Waals surface area contributed by atoms with Crippen LogP contribution in [0.15, 0.2) is 64.0 Å². The number of carbonyl (C=O) groups is 3. The van der Waals surface area contributed by atoms with Gasteiger partial charge in [-0.2, -0.15) is 0 Å². The molecule has 3 aromatic rings. The average molecular weight is 578 g/mol. The molecule has 4 aliphatic rings. The molecule has 10 heteroatoms. The molecule has 37 heavy (non-hydrogen) atoms. The van der Waals surface area contributed by atoms with E-state index < -0.39 is 23.4 Å². The molecule has 3 aliphatic heterocycles. The summed E-state index contributed by atoms with van der Waals surface area (Å²) >= 11 is 4.68. The van der Waals surface area contributed by atoms with Crippen molar-refractivity contribution in [2.45, 2.75) is 23.7 Å². The van der Waals surface area contributed by atoms with Crippen LogP contribution in [0.4, 0.5) is 5.69 Å². The molecule has 0 unspecified atom stereocenters. The topological polar surface area (TPSA) is 113 Å². The Morgan fingerprint density at radius 3 is 2.11 bits per heavy atom. The molecule has 0 aromatic heterocycles. The quantitative estimate of drug-likeness (QED) is 0.329. The number of hydrogen-bond donors (Lipinski definition) is 2. The molecule has 1 saturated carbocycles. The number of thioether (sulfide) groups is 1. The molecule has 2 amide bonds. The second kappa shape index (κ2) is 7.62. The predicted octanol–water partition coefficient (Wildman–Crippen LogP) is 5.04. The van der Waals surface area contributed by atoms with Crippen LogP contribution >= 0.6 is 27.7 Å². The zero-order valence-corrected chi connectivity index (χ0v) is 21.3. The highest BCUT2D eigenvalue weighted by Gasteiger charge is 2.54. The zero-order chi connectivity index (χ0) is 25.6. The van der Waals surface area contributed by atoms with Crippen LogP contribution in [0.3, 0.4) is 0 Å². The number of rotatable bonds is 3. The Kier molecular flexibility index (Phi) is 4.62. The molecule has 2 N–H and O–H groups in total. The number of halogens is 1. The number of phenols is 2. The number of esters is 1. The second-order valence-electron chi connectivity index (χ2n) is 9.17. The van der Waals surface area contributed by atoms with Gasteiger partial charge in [-0.1, -0.05) is 6.07 Å². The number of nitrogens with zero attached hydrogens (tertiary/aromatic N) is 1. The Morgan fingerprint density at radius 2 is 1.49 bits per heavy atom. The summed E-state index contributed by atoms with van der Waals surface area (Å²) in [5.41, 5.74) is 0.503. The number of aromatic hydroxyl groups is 2. The van der Waals surface area contributed by atoms with Gasteiger partial charge >= 0.3 is 5.97 Å². The SMILES string of the molecule is O=C1OC2(c3ccc(O)cc3Oc3cc(O)ccc32)c2ccc(N3C(=O)C(Br)=C(SC4CC4)C3=O)cc21. The molecule has 184 valence electrons. The van der Waals surface area contributed by atoms with E-state index in [1.54, 1.807) is 24.3 Å². The van der Waals surface area contributed by atoms with E-state index in [0.29, 0.717) is 26.8 Å². The van der Waals surface area contributed by atoms with Crippen molar-refractivity contribution in [1.29, 1.82) is 0 Å². The lowest BCUT2D eigenvalue weighted by Crippen LogP contribution is -2.33. The molecular weight excluding hydrogens is 562 g/mol. The van der Waals surface area contributed by atoms with Gasteiger partial charge in [-0.15, -0.1) is 11.8 Å². The van der Waals surface area contributed by atoms with Gasteiger partial charge in [0.15, 0.2) is 5.60 Å². The fraction of sp³-hybridized carbons (Fsp3) is 0.148. The molecule has 1 fully saturated rings. The van der Waals surface area contributed by atoms with Gasteiger partial charge in [0.2, 0.25) is 0 Å². The number of imide groups is 1. The van der Waals surface area contributed by atoms with Crippen LogP contribution in [-0.4, -0.2) is 33.2 Å². The molecule has 0 atom stereocenters. The van der Waals surface area contributed by atoms with Gasteiger partial charge in [0.1, 0.15) is 27.5 Å². The van der Waals surface area contributed by atoms with Crippen LogP contribution in [0.25, 0.3) is 0 Å². The van der Waals surface area contributed by atoms with Gasteiger partial charge in [0, 0.05) is 34.1 Å². The van der Waals surface area contributed by atoms with E-state index in [1.807, 2.05) is 0 Å². The number of fused-ring (bicyclic) bond motifs is 6. The minimum atomic E-state index is -1.42. The summed E-state index contributed by atoms with van der Waals surface area (Å²) in [5.74, 6) is -1.10. The first-order valence-electron chi connectivity index (χ1n) is 11.5. The van der Waals surface area contributed by atoms with Crippen molar-refractivity contribution in [3.63, 3.8) is 0 Å². The largest absolute Gasteiger partial charge is 0.508 e. The maximum atomic E-state index is 13.3. The van der Waals surface area contributed by atoms with E-state index in [1.165, 1.54) is 42.1 Å². The first-order valence-corrected chi connectivity index (χ1v) is 13.1. The van der Waals surface area contributed by atoms with Crippen molar-refractivity contribution in [2.75, 3.05) is 4.90 Å². The minimum Gasteiger partial charge on any atom is -0.508 e. The molecule has 7 rings (SSSR count). The van der Waals surface area contributed by atoms with Crippen LogP contribution in [0.2, 0.25) is 0 Å². The Hall–Kier alpha value is -3.76. The lowest BCUT2D eigenvalue weighted by atomic mass is 9.77. The van der Waals surface area contributed by atoms with Crippen LogP contribution < -0.4 is 9.64 Å². The molecule has 1 spiro atoms. The van der Waals surface area contributed by atoms with Crippen molar-refractivity contribution >= 4 is 51.2 Å². The highest BCUT2D eigenvalue weighted by Crippen LogP contribution is 2.57. The second-order valence-corrected chi connectivity index (χ2v) is 11.3. The van der Waals surface area contributed by atoms with E-state index >= 15 is 0 Å². The summed E-state index contributed by atoms with van der Waals surface area (Å²) in [5, 5.41) is 20.5. The standard InChI is InChI=1S/C27H16BrNO7S/c28-22-23(37-15-4-5-15)25(33)29(24(22)32)12-1-6-17-16(9-12)26(34)36-27(17)18-7-2-13(30)10-20(18)35-21-11-14(31)3-8-19(21)27/h1-3,6-11,15,30-31H,4-5H2. The van der Waals surface area contributed by atoms with Crippen molar-refractivity contribution in [3.8, 4) is 23.0 Å². The van der Waals surface area contributed by atoms with E-state index in [-0.39, 0.29) is 38.7 Å². The lowest BCUT2D eigenvalue weighted by Gasteiger charge is -2.36. The van der Waals surface area contributed by atoms with Crippen molar-refractivity contribution in [1.82, 2.24) is 0 Å². The van der Waals surface area contributed by atoms with E-state index in [0.717, 1.165) is 17.7 Å². The van der Waals surface area contributed by atoms with Crippen molar-refractivity contribution in [3.05, 3.63) is 86.2 Å². The summed E-state index contributed by atoms with van der Waals surface area (Å²) in [6, 6.07) is 13.8. The Morgan fingerprint density at radius 1 is 0.865 bits per heavy atom. The summed E-state index contributed by atoms with van der Waals surface area (Å²) in [6.45, 7) is 0. The fourth-order valence-electron chi connectivity index (χ4n) is 5.00. The summed E-state index contributed by atoms with van der Waals surface area (Å²) in [4.78, 5) is 40.9. The summed E-state index contributed by atoms with van der Waals surface area (Å²) in [6.07, 6.45) is 2.01. The van der Waals surface area contributed by atoms with Crippen LogP contribution in [0.1, 0.15) is 39.9 Å². The third-order valence-electron chi connectivity index (χ3n) is 6.81. The van der Waals surface area contributed by atoms with E-state index in [4.69, 9.17) is 9.47 Å². The maximum Gasteiger partial charge on any atom is 0.340 e. The zero-order valence-electron chi connectivity index (χ0n) is 18.9. The van der Waals surface area contributed by atoms with E-state index in [9.17, 15) is 24.6 Å². The number of amides is 2.